The van der Waals surface area contributed by atoms with Gasteiger partial charge in [0.1, 0.15) is 5.82 Å². The van der Waals surface area contributed by atoms with E-state index in [0.717, 1.165) is 30.4 Å². The lowest BCUT2D eigenvalue weighted by atomic mass is 9.74. The highest BCUT2D eigenvalue weighted by Gasteiger charge is 2.47. The van der Waals surface area contributed by atoms with Crippen molar-refractivity contribution < 1.29 is 9.18 Å². The Balaban J connectivity index is 1.52. The summed E-state index contributed by atoms with van der Waals surface area (Å²) >= 11 is 0. The summed E-state index contributed by atoms with van der Waals surface area (Å²) in [6.45, 7) is 1.94. The van der Waals surface area contributed by atoms with Gasteiger partial charge in [-0.15, -0.1) is 0 Å². The fraction of sp³-hybridized carbons (Fsp3) is 0.350. The number of rotatable bonds is 2. The monoisotopic (exact) mass is 350 g/mol. The van der Waals surface area contributed by atoms with Crippen molar-refractivity contribution in [3.8, 4) is 17.2 Å². The van der Waals surface area contributed by atoms with Crippen molar-refractivity contribution in [3.05, 3.63) is 48.0 Å². The summed E-state index contributed by atoms with van der Waals surface area (Å²) in [7, 11) is 0. The fourth-order valence-corrected chi connectivity index (χ4v) is 4.07. The third kappa shape index (κ3) is 2.90. The van der Waals surface area contributed by atoms with Gasteiger partial charge in [0.2, 0.25) is 0 Å². The maximum Gasteiger partial charge on any atom is 0.322 e. The molecule has 26 heavy (non-hydrogen) atoms. The van der Waals surface area contributed by atoms with E-state index in [9.17, 15) is 9.18 Å². The van der Waals surface area contributed by atoms with E-state index in [2.05, 4.69) is 16.4 Å². The molecule has 0 saturated carbocycles. The van der Waals surface area contributed by atoms with Crippen LogP contribution in [0.15, 0.2) is 36.7 Å². The number of aryl methyl sites for hydroxylation is 1. The number of anilines is 1. The van der Waals surface area contributed by atoms with E-state index in [1.807, 2.05) is 30.0 Å². The highest BCUT2D eigenvalue weighted by molar-refractivity contribution is 5.91. The summed E-state index contributed by atoms with van der Waals surface area (Å²) < 4.78 is 13.5. The van der Waals surface area contributed by atoms with E-state index in [0.29, 0.717) is 11.3 Å². The molecule has 0 aliphatic carbocycles. The predicted octanol–water partition coefficient (Wildman–Crippen LogP) is 4.10. The number of hydrogen-bond acceptors (Lipinski definition) is 3. The molecule has 0 spiro atoms. The van der Waals surface area contributed by atoms with Gasteiger partial charge in [0.05, 0.1) is 18.2 Å². The number of nitrogens with zero attached hydrogens (tertiary/aromatic N) is 3. The molecule has 1 aromatic heterocycles. The second kappa shape index (κ2) is 6.41. The Morgan fingerprint density at radius 3 is 2.73 bits per heavy atom. The maximum absolute atomic E-state index is 13.5. The van der Waals surface area contributed by atoms with Crippen molar-refractivity contribution in [2.75, 3.05) is 5.32 Å². The molecule has 1 N–H and O–H groups in total. The van der Waals surface area contributed by atoms with Crippen LogP contribution in [0.2, 0.25) is 0 Å². The Morgan fingerprint density at radius 1 is 1.27 bits per heavy atom. The molecule has 2 unspecified atom stereocenters. The van der Waals surface area contributed by atoms with Crippen LogP contribution in [-0.2, 0) is 0 Å². The molecule has 2 atom stereocenters. The Kier molecular flexibility index (Phi) is 4.08. The summed E-state index contributed by atoms with van der Waals surface area (Å²) in [4.78, 5) is 18.4. The van der Waals surface area contributed by atoms with Crippen LogP contribution >= 0.6 is 0 Å². The minimum absolute atomic E-state index is 0.0641. The first-order chi connectivity index (χ1) is 12.5. The molecule has 2 fully saturated rings. The Labute approximate surface area is 151 Å². The minimum atomic E-state index is -0.392. The van der Waals surface area contributed by atoms with E-state index in [1.165, 1.54) is 12.3 Å². The zero-order valence-electron chi connectivity index (χ0n) is 14.4. The number of halogens is 1. The number of carbonyl (C=O) groups is 1. The molecule has 1 aromatic carbocycles. The summed E-state index contributed by atoms with van der Waals surface area (Å²) in [5, 5.41) is 12.0. The number of amides is 2. The summed E-state index contributed by atoms with van der Waals surface area (Å²) in [5.41, 5.74) is 3.16. The molecule has 2 bridgehead atoms. The van der Waals surface area contributed by atoms with E-state index in [1.54, 1.807) is 6.20 Å². The zero-order valence-corrected chi connectivity index (χ0v) is 14.4. The summed E-state index contributed by atoms with van der Waals surface area (Å²) in [6.07, 6.45) is 5.28. The molecule has 2 aliphatic heterocycles. The van der Waals surface area contributed by atoms with E-state index >= 15 is 0 Å². The van der Waals surface area contributed by atoms with Gasteiger partial charge in [-0.2, -0.15) is 5.26 Å². The third-order valence-electron chi connectivity index (χ3n) is 5.37. The third-order valence-corrected chi connectivity index (χ3v) is 5.37. The highest BCUT2D eigenvalue weighted by Crippen LogP contribution is 2.41. The molecular formula is C20H19FN4O. The van der Waals surface area contributed by atoms with Gasteiger partial charge in [0, 0.05) is 29.5 Å². The van der Waals surface area contributed by atoms with E-state index < -0.39 is 5.82 Å². The number of nitrogens with one attached hydrogen (secondary N) is 1. The molecule has 2 aromatic rings. The minimum Gasteiger partial charge on any atom is -0.318 e. The largest absolute Gasteiger partial charge is 0.322 e. The quantitative estimate of drug-likeness (QED) is 0.886. The van der Waals surface area contributed by atoms with Gasteiger partial charge in [-0.3, -0.25) is 4.98 Å². The zero-order chi connectivity index (χ0) is 18.3. The lowest BCUT2D eigenvalue weighted by molar-refractivity contribution is 0.00171. The van der Waals surface area contributed by atoms with E-state index in [-0.39, 0.29) is 24.0 Å². The van der Waals surface area contributed by atoms with Gasteiger partial charge in [0.15, 0.2) is 0 Å². The molecule has 4 rings (SSSR count). The summed E-state index contributed by atoms with van der Waals surface area (Å²) in [6, 6.07) is 9.53. The van der Waals surface area contributed by atoms with Crippen LogP contribution in [0.3, 0.4) is 0 Å². The number of fused-ring (bicyclic) bond motifs is 2. The number of urea groups is 1. The molecule has 6 heteroatoms. The van der Waals surface area contributed by atoms with Crippen LogP contribution in [0.4, 0.5) is 14.9 Å². The van der Waals surface area contributed by atoms with Crippen molar-refractivity contribution in [1.82, 2.24) is 9.88 Å². The van der Waals surface area contributed by atoms with Crippen molar-refractivity contribution >= 4 is 11.7 Å². The molecule has 2 aliphatic rings. The maximum atomic E-state index is 13.5. The first-order valence-corrected chi connectivity index (χ1v) is 8.75. The van der Waals surface area contributed by atoms with Gasteiger partial charge in [-0.05, 0) is 55.5 Å². The Morgan fingerprint density at radius 2 is 2.04 bits per heavy atom. The van der Waals surface area contributed by atoms with Crippen LogP contribution < -0.4 is 5.32 Å². The first-order valence-electron chi connectivity index (χ1n) is 8.75. The van der Waals surface area contributed by atoms with Gasteiger partial charge in [-0.25, -0.2) is 9.18 Å². The molecule has 3 heterocycles. The highest BCUT2D eigenvalue weighted by atomic mass is 19.1. The van der Waals surface area contributed by atoms with Crippen molar-refractivity contribution in [1.29, 1.82) is 5.26 Å². The number of piperidine rings is 1. The van der Waals surface area contributed by atoms with Crippen molar-refractivity contribution in [2.24, 2.45) is 5.92 Å². The number of hydrogen-bond donors (Lipinski definition) is 1. The standard InChI is InChI=1S/C20H19FN4O/c1-12-2-3-16(7-19(12)14-6-15(21)11-23-10-14)24-20(26)25-17-4-13(9-22)5-18(25)8-17/h2-3,6-7,10-11,13,17-18H,4-5,8H2,1H3,(H,24,26). The van der Waals surface area contributed by atoms with Crippen LogP contribution in [0.1, 0.15) is 24.8 Å². The first kappa shape index (κ1) is 16.5. The molecule has 0 radical (unpaired) electrons. The number of aromatic nitrogens is 1. The molecular weight excluding hydrogens is 331 g/mol. The Bertz CT molecular complexity index is 895. The fourth-order valence-electron chi connectivity index (χ4n) is 4.07. The van der Waals surface area contributed by atoms with Gasteiger partial charge in [0.25, 0.3) is 0 Å². The number of pyridine rings is 1. The molecule has 2 saturated heterocycles. The number of nitriles is 1. The van der Waals surface area contributed by atoms with Gasteiger partial charge < -0.3 is 10.2 Å². The molecule has 5 nitrogen and oxygen atoms in total. The number of carbonyl (C=O) groups excluding carboxylic acids is 1. The van der Waals surface area contributed by atoms with Crippen LogP contribution in [0, 0.1) is 30.0 Å². The van der Waals surface area contributed by atoms with Crippen LogP contribution in [0.5, 0.6) is 0 Å². The van der Waals surface area contributed by atoms with Crippen LogP contribution in [-0.4, -0.2) is 28.0 Å². The summed E-state index contributed by atoms with van der Waals surface area (Å²) in [5.74, 6) is -0.328. The topological polar surface area (TPSA) is 69.0 Å². The second-order valence-electron chi connectivity index (χ2n) is 7.10. The van der Waals surface area contributed by atoms with Crippen molar-refractivity contribution in [3.63, 3.8) is 0 Å². The smallest absolute Gasteiger partial charge is 0.318 e. The molecule has 2 amide bonds. The SMILES string of the molecule is Cc1ccc(NC(=O)N2C3CC(C#N)CC2C3)cc1-c1cncc(F)c1. The molecule has 132 valence electrons. The predicted molar refractivity (Wildman–Crippen MR) is 95.8 cm³/mol. The number of benzene rings is 1. The van der Waals surface area contributed by atoms with Gasteiger partial charge in [-0.1, -0.05) is 6.07 Å². The average molecular weight is 350 g/mol. The van der Waals surface area contributed by atoms with Crippen LogP contribution in [0.25, 0.3) is 11.1 Å². The second-order valence-corrected chi connectivity index (χ2v) is 7.10. The van der Waals surface area contributed by atoms with Crippen molar-refractivity contribution in [2.45, 2.75) is 38.3 Å². The lowest BCUT2D eigenvalue weighted by Crippen LogP contribution is -2.63. The Hall–Kier alpha value is -2.94. The average Bonchev–Trinajstić information content (AvgIpc) is 2.63. The van der Waals surface area contributed by atoms with Gasteiger partial charge >= 0.3 is 6.03 Å². The lowest BCUT2D eigenvalue weighted by Gasteiger charge is -2.53. The van der Waals surface area contributed by atoms with E-state index in [4.69, 9.17) is 5.26 Å². The normalized spacial score (nSPS) is 23.7.